The highest BCUT2D eigenvalue weighted by atomic mass is 35.5. The first kappa shape index (κ1) is 17.5. The van der Waals surface area contributed by atoms with E-state index in [1.54, 1.807) is 4.52 Å². The summed E-state index contributed by atoms with van der Waals surface area (Å²) in [5, 5.41) is 14.6. The zero-order chi connectivity index (χ0) is 19.1. The van der Waals surface area contributed by atoms with Crippen LogP contribution in [0.25, 0.3) is 22.4 Å². The fraction of sp³-hybridized carbons (Fsp3) is 0.263. The number of hydrogen-bond donors (Lipinski definition) is 0. The van der Waals surface area contributed by atoms with Crippen LogP contribution in [-0.4, -0.2) is 53.9 Å². The topological polar surface area (TPSA) is 67.8 Å². The Morgan fingerprint density at radius 3 is 2.68 bits per heavy atom. The van der Waals surface area contributed by atoms with E-state index in [9.17, 15) is 4.79 Å². The van der Waals surface area contributed by atoms with Gasteiger partial charge in [-0.05, 0) is 31.0 Å². The Bertz CT molecular complexity index is 1160. The Kier molecular flexibility index (Phi) is 4.44. The van der Waals surface area contributed by atoms with Gasteiger partial charge in [-0.3, -0.25) is 9.20 Å². The Hall–Kier alpha value is -2.58. The van der Waals surface area contributed by atoms with Gasteiger partial charge in [-0.15, -0.1) is 10.2 Å². The average molecular weight is 413 g/mol. The molecule has 1 saturated heterocycles. The number of carbonyl (C=O) groups excluding carboxylic acids is 1. The minimum Gasteiger partial charge on any atom is -0.342 e. The molecule has 0 aliphatic carbocycles. The molecule has 28 heavy (non-hydrogen) atoms. The normalized spacial score (nSPS) is 14.4. The van der Waals surface area contributed by atoms with E-state index in [0.717, 1.165) is 42.7 Å². The third-order valence-electron chi connectivity index (χ3n) is 4.91. The number of hydrogen-bond acceptors (Lipinski definition) is 5. The van der Waals surface area contributed by atoms with Crippen molar-refractivity contribution in [3.63, 3.8) is 0 Å². The molecule has 0 spiro atoms. The summed E-state index contributed by atoms with van der Waals surface area (Å²) in [6, 6.07) is 9.56. The smallest absolute Gasteiger partial charge is 0.233 e. The second-order valence-electron chi connectivity index (χ2n) is 6.72. The van der Waals surface area contributed by atoms with Crippen LogP contribution in [0.15, 0.2) is 47.9 Å². The molecule has 0 saturated carbocycles. The maximum absolute atomic E-state index is 12.3. The second kappa shape index (κ2) is 7.10. The van der Waals surface area contributed by atoms with Crippen LogP contribution in [-0.2, 0) is 4.79 Å². The van der Waals surface area contributed by atoms with Crippen LogP contribution in [0, 0.1) is 0 Å². The molecule has 0 atom stereocenters. The molecule has 1 aliphatic heterocycles. The van der Waals surface area contributed by atoms with Crippen molar-refractivity contribution in [1.29, 1.82) is 0 Å². The zero-order valence-electron chi connectivity index (χ0n) is 15.0. The number of benzene rings is 1. The number of halogens is 1. The van der Waals surface area contributed by atoms with Crippen LogP contribution in [0.1, 0.15) is 12.8 Å². The molecular weight excluding hydrogens is 396 g/mol. The molecule has 1 fully saturated rings. The lowest BCUT2D eigenvalue weighted by Gasteiger charge is -2.14. The third kappa shape index (κ3) is 3.12. The molecule has 142 valence electrons. The zero-order valence-corrected chi connectivity index (χ0v) is 16.5. The van der Waals surface area contributed by atoms with Gasteiger partial charge in [0.05, 0.1) is 11.4 Å². The van der Waals surface area contributed by atoms with Crippen LogP contribution >= 0.6 is 23.4 Å². The number of nitrogens with zero attached hydrogens (tertiary/aromatic N) is 6. The fourth-order valence-electron chi connectivity index (χ4n) is 3.44. The Morgan fingerprint density at radius 2 is 1.89 bits per heavy atom. The molecule has 1 aliphatic rings. The molecule has 4 aromatic rings. The maximum Gasteiger partial charge on any atom is 0.233 e. The van der Waals surface area contributed by atoms with E-state index in [1.807, 2.05) is 52.0 Å². The largest absolute Gasteiger partial charge is 0.342 e. The number of carbonyl (C=O) groups is 1. The van der Waals surface area contributed by atoms with Crippen molar-refractivity contribution in [2.24, 2.45) is 0 Å². The van der Waals surface area contributed by atoms with Gasteiger partial charge >= 0.3 is 0 Å². The Balaban J connectivity index is 1.44. The van der Waals surface area contributed by atoms with Crippen LogP contribution in [0.3, 0.4) is 0 Å². The van der Waals surface area contributed by atoms with Crippen molar-refractivity contribution in [1.82, 2.24) is 29.1 Å². The van der Waals surface area contributed by atoms with Crippen molar-refractivity contribution in [2.75, 3.05) is 18.8 Å². The first-order chi connectivity index (χ1) is 13.7. The van der Waals surface area contributed by atoms with E-state index < -0.39 is 0 Å². The molecule has 1 amide bonds. The van der Waals surface area contributed by atoms with Gasteiger partial charge in [0.1, 0.15) is 5.52 Å². The lowest BCUT2D eigenvalue weighted by molar-refractivity contribution is -0.127. The summed E-state index contributed by atoms with van der Waals surface area (Å²) >= 11 is 7.39. The van der Waals surface area contributed by atoms with E-state index >= 15 is 0 Å². The lowest BCUT2D eigenvalue weighted by Crippen LogP contribution is -2.29. The predicted octanol–water partition coefficient (Wildman–Crippen LogP) is 3.41. The maximum atomic E-state index is 12.3. The van der Waals surface area contributed by atoms with Gasteiger partial charge in [0, 0.05) is 36.1 Å². The van der Waals surface area contributed by atoms with Gasteiger partial charge in [0.15, 0.2) is 10.8 Å². The van der Waals surface area contributed by atoms with Gasteiger partial charge in [-0.25, -0.2) is 4.52 Å². The van der Waals surface area contributed by atoms with Crippen molar-refractivity contribution in [3.8, 4) is 11.3 Å². The summed E-state index contributed by atoms with van der Waals surface area (Å²) in [7, 11) is 0. The van der Waals surface area contributed by atoms with E-state index in [1.165, 1.54) is 11.8 Å². The number of amides is 1. The van der Waals surface area contributed by atoms with E-state index in [2.05, 4.69) is 15.3 Å². The van der Waals surface area contributed by atoms with E-state index in [4.69, 9.17) is 11.6 Å². The number of rotatable bonds is 4. The van der Waals surface area contributed by atoms with Crippen molar-refractivity contribution < 1.29 is 4.79 Å². The Labute approximate surface area is 170 Å². The first-order valence-electron chi connectivity index (χ1n) is 9.09. The monoisotopic (exact) mass is 412 g/mol. The number of aromatic nitrogens is 5. The van der Waals surface area contributed by atoms with Gasteiger partial charge in [0.2, 0.25) is 5.91 Å². The minimum absolute atomic E-state index is 0.162. The molecule has 4 heterocycles. The van der Waals surface area contributed by atoms with Gasteiger partial charge in [-0.2, -0.15) is 5.10 Å². The van der Waals surface area contributed by atoms with Crippen molar-refractivity contribution in [3.05, 3.63) is 47.7 Å². The van der Waals surface area contributed by atoms with Crippen molar-refractivity contribution in [2.45, 2.75) is 18.0 Å². The highest BCUT2D eigenvalue weighted by Crippen LogP contribution is 2.25. The second-order valence-corrected chi connectivity index (χ2v) is 8.10. The SMILES string of the molecule is O=C(CSc1nnc2c3cc(-c4ccc(Cl)cc4)nn3ccn12)N1CCCC1. The predicted molar refractivity (Wildman–Crippen MR) is 109 cm³/mol. The van der Waals surface area contributed by atoms with Crippen LogP contribution in [0.2, 0.25) is 5.02 Å². The quantitative estimate of drug-likeness (QED) is 0.480. The number of thioether (sulfide) groups is 1. The van der Waals surface area contributed by atoms with Crippen molar-refractivity contribution >= 4 is 40.4 Å². The van der Waals surface area contributed by atoms with Crippen LogP contribution in [0.5, 0.6) is 0 Å². The molecule has 0 N–H and O–H groups in total. The Morgan fingerprint density at radius 1 is 1.11 bits per heavy atom. The van der Waals surface area contributed by atoms with Gasteiger partial charge in [-0.1, -0.05) is 35.5 Å². The van der Waals surface area contributed by atoms with Gasteiger partial charge < -0.3 is 4.90 Å². The summed E-state index contributed by atoms with van der Waals surface area (Å²) in [6.07, 6.45) is 5.94. The molecule has 9 heteroatoms. The molecule has 0 bridgehead atoms. The standard InChI is InChI=1S/C19H17ClN6OS/c20-14-5-3-13(4-6-14)15-11-16-18-21-22-19(25(18)9-10-26(16)23-15)28-12-17(27)24-7-1-2-8-24/h3-6,9-11H,1-2,7-8,12H2. The molecule has 7 nitrogen and oxygen atoms in total. The third-order valence-corrected chi connectivity index (χ3v) is 6.09. The summed E-state index contributed by atoms with van der Waals surface area (Å²) in [4.78, 5) is 14.2. The lowest BCUT2D eigenvalue weighted by atomic mass is 10.1. The summed E-state index contributed by atoms with van der Waals surface area (Å²) < 4.78 is 3.70. The first-order valence-corrected chi connectivity index (χ1v) is 10.4. The van der Waals surface area contributed by atoms with Crippen LogP contribution < -0.4 is 0 Å². The summed E-state index contributed by atoms with van der Waals surface area (Å²) in [5.74, 6) is 0.538. The summed E-state index contributed by atoms with van der Waals surface area (Å²) in [5.41, 5.74) is 3.40. The van der Waals surface area contributed by atoms with E-state index in [0.29, 0.717) is 21.6 Å². The molecule has 1 aromatic carbocycles. The highest BCUT2D eigenvalue weighted by Gasteiger charge is 2.19. The number of likely N-dealkylation sites (tertiary alicyclic amines) is 1. The summed E-state index contributed by atoms with van der Waals surface area (Å²) in [6.45, 7) is 1.73. The highest BCUT2D eigenvalue weighted by molar-refractivity contribution is 7.99. The molecule has 5 rings (SSSR count). The molecule has 0 unspecified atom stereocenters. The minimum atomic E-state index is 0.162. The molecular formula is C19H17ClN6OS. The molecule has 3 aromatic heterocycles. The van der Waals surface area contributed by atoms with E-state index in [-0.39, 0.29) is 5.91 Å². The van der Waals surface area contributed by atoms with Gasteiger partial charge in [0.25, 0.3) is 0 Å². The number of fused-ring (bicyclic) bond motifs is 3. The average Bonchev–Trinajstić information content (AvgIpc) is 3.44. The van der Waals surface area contributed by atoms with Crippen LogP contribution in [0.4, 0.5) is 0 Å². The fourth-order valence-corrected chi connectivity index (χ4v) is 4.38. The molecule has 0 radical (unpaired) electrons.